The molecule has 0 rings (SSSR count). The molecule has 42 heavy (non-hydrogen) atoms. The summed E-state index contributed by atoms with van der Waals surface area (Å²) >= 11 is 0. The number of hydrogen-bond donors (Lipinski definition) is 2. The van der Waals surface area contributed by atoms with E-state index in [0.717, 1.165) is 13.5 Å². The van der Waals surface area contributed by atoms with Gasteiger partial charge in [0, 0.05) is 5.54 Å². The summed E-state index contributed by atoms with van der Waals surface area (Å²) in [5.74, 6) is 0. The predicted molar refractivity (Wildman–Crippen MR) is 186 cm³/mol. The Hall–Kier alpha value is -0.170. The number of unbranched alkanes of at least 4 members (excludes halogenated alkanes) is 26. The molecule has 3 N–H and O–H groups in total. The van der Waals surface area contributed by atoms with Crippen LogP contribution in [-0.2, 0) is 14.6 Å². The lowest BCUT2D eigenvalue weighted by molar-refractivity contribution is 0.324. The van der Waals surface area contributed by atoms with Crippen molar-refractivity contribution in [1.82, 2.24) is 0 Å². The number of nitrogens with two attached hydrogens (primary N) is 1. The van der Waals surface area contributed by atoms with E-state index in [4.69, 9.17) is 10.3 Å². The molecule has 0 aromatic heterocycles. The minimum Gasteiger partial charge on any atom is -0.325 e. The highest BCUT2D eigenvalue weighted by Gasteiger charge is 2.21. The van der Waals surface area contributed by atoms with Gasteiger partial charge >= 0.3 is 10.4 Å². The summed E-state index contributed by atoms with van der Waals surface area (Å²) in [5.41, 5.74) is 6.91. The van der Waals surface area contributed by atoms with Crippen molar-refractivity contribution in [3.63, 3.8) is 0 Å². The van der Waals surface area contributed by atoms with Crippen LogP contribution in [0.4, 0.5) is 0 Å². The maximum Gasteiger partial charge on any atom is 0.397 e. The molecule has 0 fully saturated rings. The highest BCUT2D eigenvalue weighted by molar-refractivity contribution is 7.80. The van der Waals surface area contributed by atoms with E-state index in [9.17, 15) is 8.42 Å². The summed E-state index contributed by atoms with van der Waals surface area (Å²) in [5, 5.41) is 0. The van der Waals surface area contributed by atoms with Gasteiger partial charge in [0.1, 0.15) is 0 Å². The van der Waals surface area contributed by atoms with Gasteiger partial charge in [-0.15, -0.1) is 0 Å². The van der Waals surface area contributed by atoms with Crippen molar-refractivity contribution in [3.8, 4) is 0 Å². The Morgan fingerprint density at radius 1 is 0.476 bits per heavy atom. The second kappa shape index (κ2) is 33.7. The summed E-state index contributed by atoms with van der Waals surface area (Å²) in [6.07, 6.45) is 43.9. The lowest BCUT2D eigenvalue weighted by Gasteiger charge is -2.28. The molecule has 0 bridgehead atoms. The topological polar surface area (TPSA) is 89.6 Å². The molecule has 256 valence electrons. The maximum atomic E-state index is 9.33. The summed E-state index contributed by atoms with van der Waals surface area (Å²) in [7, 11) is -3.29. The van der Waals surface area contributed by atoms with Crippen LogP contribution in [0.5, 0.6) is 0 Å². The fourth-order valence-corrected chi connectivity index (χ4v) is 5.82. The Labute approximate surface area is 265 Å². The van der Waals surface area contributed by atoms with Gasteiger partial charge in [-0.1, -0.05) is 201 Å². The smallest absolute Gasteiger partial charge is 0.325 e. The van der Waals surface area contributed by atoms with E-state index in [0.29, 0.717) is 0 Å². The predicted octanol–water partition coefficient (Wildman–Crippen LogP) is 12.3. The highest BCUT2D eigenvalue weighted by atomic mass is 32.3. The summed E-state index contributed by atoms with van der Waals surface area (Å²) in [4.78, 5) is 0. The van der Waals surface area contributed by atoms with Gasteiger partial charge in [-0.3, -0.25) is 8.74 Å². The molecule has 0 aliphatic carbocycles. The van der Waals surface area contributed by atoms with Crippen LogP contribution >= 0.6 is 0 Å². The highest BCUT2D eigenvalue weighted by Crippen LogP contribution is 2.24. The van der Waals surface area contributed by atoms with Gasteiger partial charge in [0.05, 0.1) is 7.11 Å². The summed E-state index contributed by atoms with van der Waals surface area (Å²) < 4.78 is 29.7. The van der Waals surface area contributed by atoms with E-state index in [2.05, 4.69) is 25.0 Å². The zero-order valence-corrected chi connectivity index (χ0v) is 29.9. The van der Waals surface area contributed by atoms with Crippen LogP contribution < -0.4 is 5.73 Å². The maximum absolute atomic E-state index is 9.33. The second-order valence-electron chi connectivity index (χ2n) is 13.0. The van der Waals surface area contributed by atoms with Crippen molar-refractivity contribution in [2.24, 2.45) is 5.73 Å². The fraction of sp³-hybridized carbons (Fsp3) is 1.00. The lowest BCUT2D eigenvalue weighted by atomic mass is 9.85. The normalized spacial score (nSPS) is 12.0. The molecule has 0 aromatic rings. The molecule has 0 aromatic carbocycles. The first-order valence-corrected chi connectivity index (χ1v) is 19.9. The zero-order valence-electron chi connectivity index (χ0n) is 29.1. The van der Waals surface area contributed by atoms with Crippen LogP contribution in [0.3, 0.4) is 0 Å². The Morgan fingerprint density at radius 2 is 0.667 bits per heavy atom. The Balaban J connectivity index is 0. The van der Waals surface area contributed by atoms with Crippen molar-refractivity contribution in [3.05, 3.63) is 0 Å². The molecule has 0 saturated carbocycles. The molecule has 0 heterocycles. The van der Waals surface area contributed by atoms with Crippen molar-refractivity contribution >= 4 is 10.4 Å². The third-order valence-electron chi connectivity index (χ3n) is 8.97. The first-order chi connectivity index (χ1) is 20.2. The standard InChI is InChI=1S/C35H73N.CH4O4S/c1-4-7-9-11-13-15-17-19-21-23-25-27-29-31-33-35(36,6-3)34-32-30-28-26-24-22-20-18-16-14-12-10-8-5-2;1-5-6(2,3)4/h4-34,36H2,1-3H3;1H3,(H,2,3,4). The number of hydrogen-bond acceptors (Lipinski definition) is 4. The van der Waals surface area contributed by atoms with Gasteiger partial charge in [-0.2, -0.15) is 8.42 Å². The molecular formula is C36H77NO4S. The molecular weight excluding hydrogens is 542 g/mol. The molecule has 0 atom stereocenters. The summed E-state index contributed by atoms with van der Waals surface area (Å²) in [6.45, 7) is 6.92. The van der Waals surface area contributed by atoms with E-state index in [1.54, 1.807) is 0 Å². The monoisotopic (exact) mass is 620 g/mol. The van der Waals surface area contributed by atoms with Gasteiger partial charge in [0.15, 0.2) is 0 Å². The van der Waals surface area contributed by atoms with Gasteiger partial charge in [-0.25, -0.2) is 0 Å². The molecule has 6 heteroatoms. The van der Waals surface area contributed by atoms with E-state index in [-0.39, 0.29) is 5.54 Å². The van der Waals surface area contributed by atoms with Crippen LogP contribution in [0.15, 0.2) is 0 Å². The van der Waals surface area contributed by atoms with E-state index >= 15 is 0 Å². The molecule has 0 radical (unpaired) electrons. The van der Waals surface area contributed by atoms with Gasteiger partial charge in [0.2, 0.25) is 0 Å². The Bertz CT molecular complexity index is 580. The van der Waals surface area contributed by atoms with Crippen LogP contribution in [0, 0.1) is 0 Å². The van der Waals surface area contributed by atoms with Crippen molar-refractivity contribution in [2.75, 3.05) is 7.11 Å². The quantitative estimate of drug-likeness (QED) is 0.0577. The Morgan fingerprint density at radius 3 is 0.833 bits per heavy atom. The minimum absolute atomic E-state index is 0.119. The van der Waals surface area contributed by atoms with Gasteiger partial charge < -0.3 is 5.73 Å². The van der Waals surface area contributed by atoms with Crippen molar-refractivity contribution < 1.29 is 17.2 Å². The van der Waals surface area contributed by atoms with Gasteiger partial charge in [0.25, 0.3) is 0 Å². The van der Waals surface area contributed by atoms with E-state index < -0.39 is 10.4 Å². The molecule has 0 aliphatic rings. The first kappa shape index (κ1) is 44.0. The summed E-state index contributed by atoms with van der Waals surface area (Å²) in [6, 6.07) is 0. The van der Waals surface area contributed by atoms with Crippen LogP contribution in [0.25, 0.3) is 0 Å². The van der Waals surface area contributed by atoms with Crippen molar-refractivity contribution in [1.29, 1.82) is 0 Å². The van der Waals surface area contributed by atoms with Crippen LogP contribution in [-0.4, -0.2) is 25.6 Å². The molecule has 0 amide bonds. The zero-order chi connectivity index (χ0) is 31.6. The second-order valence-corrected chi connectivity index (χ2v) is 14.2. The number of rotatable bonds is 32. The van der Waals surface area contributed by atoms with Crippen molar-refractivity contribution in [2.45, 2.75) is 225 Å². The first-order valence-electron chi connectivity index (χ1n) is 18.6. The fourth-order valence-electron chi connectivity index (χ4n) is 5.82. The molecule has 0 saturated heterocycles. The van der Waals surface area contributed by atoms with Crippen LogP contribution in [0.1, 0.15) is 220 Å². The molecule has 0 aliphatic heterocycles. The van der Waals surface area contributed by atoms with E-state index in [1.165, 1.54) is 193 Å². The van der Waals surface area contributed by atoms with Crippen LogP contribution in [0.2, 0.25) is 0 Å². The SMILES string of the molecule is CCCCCCCCCCCCCCCCC(N)(CC)CCCCCCCCCCCCCCCC.COS(=O)(=O)O. The molecule has 0 unspecified atom stereocenters. The average Bonchev–Trinajstić information content (AvgIpc) is 2.97. The van der Waals surface area contributed by atoms with Gasteiger partial charge in [-0.05, 0) is 19.3 Å². The molecule has 5 nitrogen and oxygen atoms in total. The van der Waals surface area contributed by atoms with E-state index in [1.807, 2.05) is 0 Å². The molecule has 0 spiro atoms. The third-order valence-corrected chi connectivity index (χ3v) is 9.39. The average molecular weight is 620 g/mol. The largest absolute Gasteiger partial charge is 0.397 e. The lowest BCUT2D eigenvalue weighted by Crippen LogP contribution is -2.38. The Kier molecular flexibility index (Phi) is 35.3. The third kappa shape index (κ3) is 37.9. The minimum atomic E-state index is -4.16.